The molecule has 0 saturated carbocycles. The minimum absolute atomic E-state index is 0.0205. The van der Waals surface area contributed by atoms with Gasteiger partial charge in [0.1, 0.15) is 6.04 Å². The smallest absolute Gasteiger partial charge is 0.245 e. The first-order valence-corrected chi connectivity index (χ1v) is 8.69. The first-order chi connectivity index (χ1) is 11.4. The predicted molar refractivity (Wildman–Crippen MR) is 93.1 cm³/mol. The summed E-state index contributed by atoms with van der Waals surface area (Å²) < 4.78 is 0. The lowest BCUT2D eigenvalue weighted by Gasteiger charge is -2.37. The van der Waals surface area contributed by atoms with Crippen molar-refractivity contribution < 1.29 is 14.7 Å². The molecule has 1 saturated heterocycles. The molecule has 5 nitrogen and oxygen atoms in total. The minimum atomic E-state index is -0.486. The van der Waals surface area contributed by atoms with Gasteiger partial charge in [-0.3, -0.25) is 9.59 Å². The van der Waals surface area contributed by atoms with E-state index in [-0.39, 0.29) is 23.7 Å². The second-order valence-corrected chi connectivity index (χ2v) is 6.94. The van der Waals surface area contributed by atoms with Gasteiger partial charge in [-0.2, -0.15) is 0 Å². The molecule has 2 amide bonds. The Morgan fingerprint density at radius 3 is 2.25 bits per heavy atom. The maximum atomic E-state index is 12.7. The van der Waals surface area contributed by atoms with Gasteiger partial charge < -0.3 is 15.3 Å². The molecule has 0 spiro atoms. The SMILES string of the molecule is CC(=O)N[C@@H](C(=O)N1CCC([C@H](O)c2ccccc2)CC1)C(C)C. The van der Waals surface area contributed by atoms with Crippen LogP contribution in [0, 0.1) is 11.8 Å². The highest BCUT2D eigenvalue weighted by Crippen LogP contribution is 2.30. The lowest BCUT2D eigenvalue weighted by molar-refractivity contribution is -0.139. The summed E-state index contributed by atoms with van der Waals surface area (Å²) in [5, 5.41) is 13.3. The number of nitrogens with one attached hydrogen (secondary N) is 1. The molecular weight excluding hydrogens is 304 g/mol. The molecule has 0 aliphatic carbocycles. The Labute approximate surface area is 144 Å². The van der Waals surface area contributed by atoms with Gasteiger partial charge in [0.15, 0.2) is 0 Å². The molecule has 132 valence electrons. The molecule has 0 bridgehead atoms. The van der Waals surface area contributed by atoms with Crippen LogP contribution >= 0.6 is 0 Å². The van der Waals surface area contributed by atoms with E-state index in [1.54, 1.807) is 0 Å². The van der Waals surface area contributed by atoms with Gasteiger partial charge in [-0.1, -0.05) is 44.2 Å². The Bertz CT molecular complexity index is 551. The van der Waals surface area contributed by atoms with Crippen molar-refractivity contribution in [2.45, 2.75) is 45.8 Å². The average Bonchev–Trinajstić information content (AvgIpc) is 2.59. The number of likely N-dealkylation sites (tertiary alicyclic amines) is 1. The van der Waals surface area contributed by atoms with Gasteiger partial charge in [0.25, 0.3) is 0 Å². The van der Waals surface area contributed by atoms with Crippen LogP contribution in [0.2, 0.25) is 0 Å². The molecule has 1 aromatic rings. The summed E-state index contributed by atoms with van der Waals surface area (Å²) in [6.07, 6.45) is 1.05. The number of benzene rings is 1. The number of rotatable bonds is 5. The Balaban J connectivity index is 1.94. The Kier molecular flexibility index (Phi) is 6.37. The van der Waals surface area contributed by atoms with Crippen molar-refractivity contribution in [3.05, 3.63) is 35.9 Å². The quantitative estimate of drug-likeness (QED) is 0.868. The normalized spacial score (nSPS) is 18.3. The van der Waals surface area contributed by atoms with Crippen LogP contribution in [-0.4, -0.2) is 41.0 Å². The molecule has 0 aromatic heterocycles. The third-order valence-corrected chi connectivity index (χ3v) is 4.73. The van der Waals surface area contributed by atoms with Gasteiger partial charge >= 0.3 is 0 Å². The van der Waals surface area contributed by atoms with Gasteiger partial charge in [0, 0.05) is 20.0 Å². The molecular formula is C19H28N2O3. The van der Waals surface area contributed by atoms with Crippen molar-refractivity contribution in [1.82, 2.24) is 10.2 Å². The molecule has 2 atom stereocenters. The largest absolute Gasteiger partial charge is 0.388 e. The van der Waals surface area contributed by atoms with Crippen LogP contribution in [-0.2, 0) is 9.59 Å². The summed E-state index contributed by atoms with van der Waals surface area (Å²) in [5.74, 6) is 0.00744. The zero-order valence-corrected chi connectivity index (χ0v) is 14.7. The summed E-state index contributed by atoms with van der Waals surface area (Å²) in [7, 11) is 0. The molecule has 5 heteroatoms. The molecule has 0 radical (unpaired) electrons. The van der Waals surface area contributed by atoms with Gasteiger partial charge in [0.05, 0.1) is 6.10 Å². The third-order valence-electron chi connectivity index (χ3n) is 4.73. The standard InChI is InChI=1S/C19H28N2O3/c1-13(2)17(20-14(3)22)19(24)21-11-9-16(10-12-21)18(23)15-7-5-4-6-8-15/h4-8,13,16-18,23H,9-12H2,1-3H3,(H,20,22)/t17-,18-/m1/s1. The summed E-state index contributed by atoms with van der Waals surface area (Å²) in [6, 6.07) is 9.20. The number of nitrogens with zero attached hydrogens (tertiary/aromatic N) is 1. The highest BCUT2D eigenvalue weighted by atomic mass is 16.3. The van der Waals surface area contributed by atoms with Crippen molar-refractivity contribution in [3.8, 4) is 0 Å². The van der Waals surface area contributed by atoms with Gasteiger partial charge in [-0.15, -0.1) is 0 Å². The number of aliphatic hydroxyl groups excluding tert-OH is 1. The van der Waals surface area contributed by atoms with Crippen molar-refractivity contribution in [1.29, 1.82) is 0 Å². The first-order valence-electron chi connectivity index (χ1n) is 8.69. The van der Waals surface area contributed by atoms with Crippen LogP contribution in [0.1, 0.15) is 45.3 Å². The highest BCUT2D eigenvalue weighted by molar-refractivity contribution is 5.87. The number of piperidine rings is 1. The molecule has 1 heterocycles. The van der Waals surface area contributed by atoms with Gasteiger partial charge in [-0.25, -0.2) is 0 Å². The van der Waals surface area contributed by atoms with Crippen LogP contribution < -0.4 is 5.32 Å². The topological polar surface area (TPSA) is 69.6 Å². The maximum Gasteiger partial charge on any atom is 0.245 e. The third kappa shape index (κ3) is 4.57. The highest BCUT2D eigenvalue weighted by Gasteiger charge is 2.32. The van der Waals surface area contributed by atoms with E-state index in [2.05, 4.69) is 5.32 Å². The summed E-state index contributed by atoms with van der Waals surface area (Å²) in [4.78, 5) is 25.8. The number of carbonyl (C=O) groups excluding carboxylic acids is 2. The molecule has 1 aliphatic heterocycles. The van der Waals surface area contributed by atoms with Gasteiger partial charge in [0.2, 0.25) is 11.8 Å². The van der Waals surface area contributed by atoms with Crippen molar-refractivity contribution in [2.24, 2.45) is 11.8 Å². The molecule has 1 aromatic carbocycles. The van der Waals surface area contributed by atoms with E-state index >= 15 is 0 Å². The lowest BCUT2D eigenvalue weighted by atomic mass is 9.87. The van der Waals surface area contributed by atoms with E-state index in [1.807, 2.05) is 49.1 Å². The van der Waals surface area contributed by atoms with Crippen molar-refractivity contribution >= 4 is 11.8 Å². The molecule has 0 unspecified atom stereocenters. The number of hydrogen-bond donors (Lipinski definition) is 2. The van der Waals surface area contributed by atoms with Crippen LogP contribution in [0.4, 0.5) is 0 Å². The Morgan fingerprint density at radius 1 is 1.17 bits per heavy atom. The summed E-state index contributed by atoms with van der Waals surface area (Å²) >= 11 is 0. The molecule has 2 rings (SSSR count). The maximum absolute atomic E-state index is 12.7. The molecule has 2 N–H and O–H groups in total. The molecule has 1 aliphatic rings. The fourth-order valence-electron chi connectivity index (χ4n) is 3.29. The fraction of sp³-hybridized carbons (Fsp3) is 0.579. The van der Waals surface area contributed by atoms with Crippen LogP contribution in [0.25, 0.3) is 0 Å². The fourth-order valence-corrected chi connectivity index (χ4v) is 3.29. The second-order valence-electron chi connectivity index (χ2n) is 6.94. The monoisotopic (exact) mass is 332 g/mol. The van der Waals surface area contributed by atoms with E-state index in [4.69, 9.17) is 0 Å². The van der Waals surface area contributed by atoms with E-state index in [0.29, 0.717) is 13.1 Å². The Hall–Kier alpha value is -1.88. The molecule has 24 heavy (non-hydrogen) atoms. The Morgan fingerprint density at radius 2 is 1.75 bits per heavy atom. The first kappa shape index (κ1) is 18.5. The van der Waals surface area contributed by atoms with Crippen molar-refractivity contribution in [3.63, 3.8) is 0 Å². The number of hydrogen-bond acceptors (Lipinski definition) is 3. The number of carbonyl (C=O) groups is 2. The van der Waals surface area contributed by atoms with Crippen LogP contribution in [0.5, 0.6) is 0 Å². The van der Waals surface area contributed by atoms with Crippen LogP contribution in [0.15, 0.2) is 30.3 Å². The summed E-state index contributed by atoms with van der Waals surface area (Å²) in [6.45, 7) is 6.55. The molecule has 1 fully saturated rings. The van der Waals surface area contributed by atoms with E-state index in [1.165, 1.54) is 6.92 Å². The van der Waals surface area contributed by atoms with Gasteiger partial charge in [-0.05, 0) is 30.2 Å². The zero-order valence-electron chi connectivity index (χ0n) is 14.7. The zero-order chi connectivity index (χ0) is 17.7. The minimum Gasteiger partial charge on any atom is -0.388 e. The average molecular weight is 332 g/mol. The van der Waals surface area contributed by atoms with Crippen LogP contribution in [0.3, 0.4) is 0 Å². The van der Waals surface area contributed by atoms with E-state index < -0.39 is 12.1 Å². The predicted octanol–water partition coefficient (Wildman–Crippen LogP) is 2.12. The number of amides is 2. The van der Waals surface area contributed by atoms with E-state index in [9.17, 15) is 14.7 Å². The lowest BCUT2D eigenvalue weighted by Crippen LogP contribution is -2.52. The second kappa shape index (κ2) is 8.29. The summed E-state index contributed by atoms with van der Waals surface area (Å²) in [5.41, 5.74) is 0.931. The number of aliphatic hydroxyl groups is 1. The van der Waals surface area contributed by atoms with E-state index in [0.717, 1.165) is 18.4 Å². The van der Waals surface area contributed by atoms with Crippen molar-refractivity contribution in [2.75, 3.05) is 13.1 Å².